The van der Waals surface area contributed by atoms with E-state index in [1.165, 1.54) is 23.5 Å². The number of carbonyl (C=O) groups excluding carboxylic acids is 2. The molecule has 5 nitrogen and oxygen atoms in total. The van der Waals surface area contributed by atoms with Gasteiger partial charge in [0.25, 0.3) is 5.91 Å². The Balaban J connectivity index is 1.78. The van der Waals surface area contributed by atoms with Gasteiger partial charge in [-0.15, -0.1) is 11.3 Å². The summed E-state index contributed by atoms with van der Waals surface area (Å²) in [7, 11) is 0. The number of hydrazine groups is 1. The monoisotopic (exact) mass is 365 g/mol. The number of rotatable bonds is 3. The van der Waals surface area contributed by atoms with Gasteiger partial charge in [0.15, 0.2) is 5.11 Å². The van der Waals surface area contributed by atoms with Crippen molar-refractivity contribution in [1.29, 1.82) is 0 Å². The molecule has 8 heteroatoms. The fraction of sp³-hybridized carbons (Fsp3) is 0. The molecule has 1 aromatic heterocycles. The van der Waals surface area contributed by atoms with Gasteiger partial charge in [-0.05, 0) is 47.9 Å². The third kappa shape index (κ3) is 5.82. The zero-order valence-electron chi connectivity index (χ0n) is 11.7. The minimum atomic E-state index is -0.418. The van der Waals surface area contributed by atoms with Crippen LogP contribution in [0.15, 0.2) is 47.9 Å². The number of hydrogen-bond acceptors (Lipinski definition) is 4. The summed E-state index contributed by atoms with van der Waals surface area (Å²) in [4.78, 5) is 24.5. The smallest absolute Gasteiger partial charge is 0.269 e. The minimum Gasteiger partial charge on any atom is -0.298 e. The fourth-order valence-corrected chi connectivity index (χ4v) is 2.50. The predicted molar refractivity (Wildman–Crippen MR) is 96.1 cm³/mol. The van der Waals surface area contributed by atoms with Crippen LogP contribution in [0.4, 0.5) is 0 Å². The summed E-state index contributed by atoms with van der Waals surface area (Å²) >= 11 is 12.2. The summed E-state index contributed by atoms with van der Waals surface area (Å²) in [5.41, 5.74) is 5.20. The molecule has 1 aromatic carbocycles. The molecule has 118 valence electrons. The number of halogens is 1. The van der Waals surface area contributed by atoms with Crippen molar-refractivity contribution < 1.29 is 9.59 Å². The highest BCUT2D eigenvalue weighted by atomic mass is 35.5. The van der Waals surface area contributed by atoms with Gasteiger partial charge >= 0.3 is 0 Å². The van der Waals surface area contributed by atoms with E-state index in [4.69, 9.17) is 23.8 Å². The van der Waals surface area contributed by atoms with Crippen molar-refractivity contribution in [3.05, 3.63) is 63.3 Å². The first kappa shape index (κ1) is 17.1. The first-order valence-corrected chi connectivity index (χ1v) is 8.09. The van der Waals surface area contributed by atoms with Crippen molar-refractivity contribution >= 4 is 58.2 Å². The molecule has 23 heavy (non-hydrogen) atoms. The second kappa shape index (κ2) is 8.42. The molecule has 2 rings (SSSR count). The van der Waals surface area contributed by atoms with Gasteiger partial charge in [0.05, 0.1) is 0 Å². The van der Waals surface area contributed by atoms with Gasteiger partial charge in [-0.2, -0.15) is 0 Å². The van der Waals surface area contributed by atoms with Gasteiger partial charge < -0.3 is 0 Å². The Morgan fingerprint density at radius 2 is 2.00 bits per heavy atom. The summed E-state index contributed by atoms with van der Waals surface area (Å²) in [5, 5.41) is 4.77. The SMILES string of the molecule is O=C(/C=C/c1cccs1)NC(=S)NNC(=O)c1cccc(Cl)c1. The summed E-state index contributed by atoms with van der Waals surface area (Å²) in [6.45, 7) is 0. The molecule has 0 aliphatic carbocycles. The van der Waals surface area contributed by atoms with Crippen LogP contribution < -0.4 is 16.2 Å². The van der Waals surface area contributed by atoms with Crippen LogP contribution in [0.5, 0.6) is 0 Å². The lowest BCUT2D eigenvalue weighted by molar-refractivity contribution is -0.115. The normalized spacial score (nSPS) is 10.3. The van der Waals surface area contributed by atoms with Gasteiger partial charge in [0.2, 0.25) is 5.91 Å². The molecule has 0 saturated carbocycles. The Morgan fingerprint density at radius 3 is 2.70 bits per heavy atom. The highest BCUT2D eigenvalue weighted by Crippen LogP contribution is 2.10. The highest BCUT2D eigenvalue weighted by molar-refractivity contribution is 7.80. The van der Waals surface area contributed by atoms with Crippen LogP contribution in [0.1, 0.15) is 15.2 Å². The standard InChI is InChI=1S/C15H12ClN3O2S2/c16-11-4-1-3-10(9-11)14(21)18-19-15(22)17-13(20)7-6-12-5-2-8-23-12/h1-9H,(H,18,21)(H2,17,19,20,22)/b7-6+. The molecule has 0 aliphatic heterocycles. The molecule has 0 fully saturated rings. The fourth-order valence-electron chi connectivity index (χ4n) is 1.54. The average Bonchev–Trinajstić information content (AvgIpc) is 3.04. The number of benzene rings is 1. The largest absolute Gasteiger partial charge is 0.298 e. The van der Waals surface area contributed by atoms with Crippen LogP contribution in [0.25, 0.3) is 6.08 Å². The van der Waals surface area contributed by atoms with Gasteiger partial charge in [-0.25, -0.2) is 0 Å². The first-order chi connectivity index (χ1) is 11.0. The van der Waals surface area contributed by atoms with Crippen molar-refractivity contribution in [3.8, 4) is 0 Å². The summed E-state index contributed by atoms with van der Waals surface area (Å²) in [5.74, 6) is -0.814. The Hall–Kier alpha value is -2.22. The Morgan fingerprint density at radius 1 is 1.17 bits per heavy atom. The van der Waals surface area contributed by atoms with E-state index in [0.717, 1.165) is 4.88 Å². The van der Waals surface area contributed by atoms with Gasteiger partial charge in [-0.3, -0.25) is 25.8 Å². The van der Waals surface area contributed by atoms with Crippen LogP contribution in [-0.4, -0.2) is 16.9 Å². The van der Waals surface area contributed by atoms with Crippen LogP contribution in [0.3, 0.4) is 0 Å². The molecule has 2 aromatic rings. The zero-order chi connectivity index (χ0) is 16.7. The minimum absolute atomic E-state index is 0.0128. The van der Waals surface area contributed by atoms with E-state index in [1.807, 2.05) is 17.5 Å². The number of thiophene rings is 1. The van der Waals surface area contributed by atoms with E-state index in [9.17, 15) is 9.59 Å². The molecule has 2 amide bonds. The van der Waals surface area contributed by atoms with Gasteiger partial charge in [0.1, 0.15) is 0 Å². The number of carbonyl (C=O) groups is 2. The van der Waals surface area contributed by atoms with Gasteiger partial charge in [-0.1, -0.05) is 23.7 Å². The van der Waals surface area contributed by atoms with E-state index in [0.29, 0.717) is 10.6 Å². The molecule has 0 spiro atoms. The molecule has 1 heterocycles. The van der Waals surface area contributed by atoms with Crippen molar-refractivity contribution in [2.24, 2.45) is 0 Å². The predicted octanol–water partition coefficient (Wildman–Crippen LogP) is 2.75. The van der Waals surface area contributed by atoms with Crippen LogP contribution >= 0.6 is 35.2 Å². The Kier molecular flexibility index (Phi) is 6.28. The second-order valence-corrected chi connectivity index (χ2v) is 6.08. The van der Waals surface area contributed by atoms with Crippen LogP contribution in [0.2, 0.25) is 5.02 Å². The zero-order valence-corrected chi connectivity index (χ0v) is 14.1. The third-order valence-corrected chi connectivity index (χ3v) is 3.83. The number of nitrogens with one attached hydrogen (secondary N) is 3. The van der Waals surface area contributed by atoms with E-state index < -0.39 is 11.8 Å². The van der Waals surface area contributed by atoms with E-state index >= 15 is 0 Å². The third-order valence-electron chi connectivity index (χ3n) is 2.56. The van der Waals surface area contributed by atoms with Crippen molar-refractivity contribution in [3.63, 3.8) is 0 Å². The van der Waals surface area contributed by atoms with E-state index in [1.54, 1.807) is 24.3 Å². The molecule has 3 N–H and O–H groups in total. The Labute approximate surface area is 147 Å². The lowest BCUT2D eigenvalue weighted by Gasteiger charge is -2.09. The number of hydrogen-bond donors (Lipinski definition) is 3. The average molecular weight is 366 g/mol. The molecule has 0 bridgehead atoms. The molecule has 0 unspecified atom stereocenters. The number of thiocarbonyl (C=S) groups is 1. The second-order valence-electron chi connectivity index (χ2n) is 4.26. The summed E-state index contributed by atoms with van der Waals surface area (Å²) < 4.78 is 0. The van der Waals surface area contributed by atoms with E-state index in [2.05, 4.69) is 16.2 Å². The van der Waals surface area contributed by atoms with E-state index in [-0.39, 0.29) is 5.11 Å². The molecular weight excluding hydrogens is 354 g/mol. The Bertz CT molecular complexity index is 745. The van der Waals surface area contributed by atoms with Crippen LogP contribution in [0, 0.1) is 0 Å². The molecule has 0 atom stereocenters. The maximum atomic E-state index is 11.9. The molecule has 0 radical (unpaired) electrons. The van der Waals surface area contributed by atoms with Crippen molar-refractivity contribution in [2.75, 3.05) is 0 Å². The van der Waals surface area contributed by atoms with Crippen molar-refractivity contribution in [1.82, 2.24) is 16.2 Å². The quantitative estimate of drug-likeness (QED) is 0.444. The first-order valence-electron chi connectivity index (χ1n) is 6.43. The summed E-state index contributed by atoms with van der Waals surface area (Å²) in [6.07, 6.45) is 3.03. The molecular formula is C15H12ClN3O2S2. The summed E-state index contributed by atoms with van der Waals surface area (Å²) in [6, 6.07) is 10.2. The van der Waals surface area contributed by atoms with Gasteiger partial charge in [0, 0.05) is 21.5 Å². The molecule has 0 saturated heterocycles. The lowest BCUT2D eigenvalue weighted by Crippen LogP contribution is -2.48. The lowest BCUT2D eigenvalue weighted by atomic mass is 10.2. The number of amides is 2. The van der Waals surface area contributed by atoms with Crippen LogP contribution in [-0.2, 0) is 4.79 Å². The van der Waals surface area contributed by atoms with Crippen molar-refractivity contribution in [2.45, 2.75) is 0 Å². The maximum absolute atomic E-state index is 11.9. The topological polar surface area (TPSA) is 70.2 Å². The highest BCUT2D eigenvalue weighted by Gasteiger charge is 2.07. The maximum Gasteiger partial charge on any atom is 0.269 e. The molecule has 0 aliphatic rings.